The maximum absolute atomic E-state index is 15.4. The Kier molecular flexibility index (Phi) is 7.58. The van der Waals surface area contributed by atoms with Crippen molar-refractivity contribution >= 4 is 23.8 Å². The normalized spacial score (nSPS) is 27.9. The highest BCUT2D eigenvalue weighted by molar-refractivity contribution is 5.90. The average molecular weight is 659 g/mol. The summed E-state index contributed by atoms with van der Waals surface area (Å²) in [7, 11) is 0. The molecule has 3 amide bonds. The Labute approximate surface area is 275 Å². The van der Waals surface area contributed by atoms with Crippen molar-refractivity contribution in [3.63, 3.8) is 0 Å². The van der Waals surface area contributed by atoms with Crippen molar-refractivity contribution in [3.8, 4) is 17.2 Å². The van der Waals surface area contributed by atoms with Gasteiger partial charge in [-0.2, -0.15) is 5.26 Å². The van der Waals surface area contributed by atoms with E-state index in [1.165, 1.54) is 28.3 Å². The van der Waals surface area contributed by atoms with E-state index in [1.807, 2.05) is 0 Å². The Morgan fingerprint density at radius 1 is 1.17 bits per heavy atom. The molecule has 15 heteroatoms. The fraction of sp³-hybridized carbons (Fsp3) is 0.485. The van der Waals surface area contributed by atoms with E-state index in [1.54, 1.807) is 60.8 Å². The van der Waals surface area contributed by atoms with Gasteiger partial charge >= 0.3 is 12.2 Å². The highest BCUT2D eigenvalue weighted by atomic mass is 19.1. The van der Waals surface area contributed by atoms with E-state index in [-0.39, 0.29) is 42.8 Å². The molecule has 250 valence electrons. The minimum absolute atomic E-state index is 0.0177. The average Bonchev–Trinajstić information content (AvgIpc) is 3.67. The van der Waals surface area contributed by atoms with Gasteiger partial charge in [0.15, 0.2) is 0 Å². The number of aromatic nitrogens is 4. The summed E-state index contributed by atoms with van der Waals surface area (Å²) in [4.78, 5) is 47.7. The van der Waals surface area contributed by atoms with E-state index in [9.17, 15) is 24.8 Å². The second-order valence-corrected chi connectivity index (χ2v) is 13.8. The van der Waals surface area contributed by atoms with Crippen LogP contribution in [-0.4, -0.2) is 103 Å². The molecule has 3 saturated heterocycles. The number of halogens is 1. The van der Waals surface area contributed by atoms with Gasteiger partial charge in [0, 0.05) is 54.9 Å². The number of β-amino-alcohol motifs (C(OH)–C–C–N with tert-alkyl or cyclic N) is 1. The van der Waals surface area contributed by atoms with Crippen LogP contribution >= 0.6 is 0 Å². The lowest BCUT2D eigenvalue weighted by Gasteiger charge is -2.31. The first-order valence-corrected chi connectivity index (χ1v) is 15.8. The minimum atomic E-state index is -0.878. The molecule has 3 aromatic rings. The van der Waals surface area contributed by atoms with Crippen LogP contribution in [0.2, 0.25) is 0 Å². The van der Waals surface area contributed by atoms with Crippen LogP contribution in [0.15, 0.2) is 48.9 Å². The molecule has 1 aliphatic carbocycles. The molecule has 3 aliphatic heterocycles. The number of cyclic esters (lactones) is 1. The van der Waals surface area contributed by atoms with Crippen molar-refractivity contribution < 1.29 is 33.4 Å². The van der Waals surface area contributed by atoms with Gasteiger partial charge in [0.05, 0.1) is 49.4 Å². The van der Waals surface area contributed by atoms with Crippen molar-refractivity contribution in [1.29, 1.82) is 5.26 Å². The molecule has 5 atom stereocenters. The number of anilines is 1. The Hall–Kier alpha value is -5.10. The molecule has 0 radical (unpaired) electrons. The van der Waals surface area contributed by atoms with Crippen LogP contribution in [0.1, 0.15) is 32.9 Å². The molecular formula is C33H35FN8O6. The lowest BCUT2D eigenvalue weighted by molar-refractivity contribution is -0.135. The van der Waals surface area contributed by atoms with Gasteiger partial charge in [-0.05, 0) is 45.0 Å². The molecule has 1 aromatic carbocycles. The third kappa shape index (κ3) is 5.49. The second-order valence-electron chi connectivity index (χ2n) is 13.8. The summed E-state index contributed by atoms with van der Waals surface area (Å²) >= 11 is 0. The number of benzene rings is 1. The zero-order chi connectivity index (χ0) is 34.0. The molecular weight excluding hydrogens is 623 g/mol. The molecule has 1 N–H and O–H groups in total. The number of aliphatic hydroxyl groups is 1. The maximum Gasteiger partial charge on any atom is 0.414 e. The van der Waals surface area contributed by atoms with Gasteiger partial charge in [-0.3, -0.25) is 19.6 Å². The number of likely N-dealkylation sites (tertiary alicyclic amines) is 2. The lowest BCUT2D eigenvalue weighted by Crippen LogP contribution is -2.49. The molecule has 7 rings (SSSR count). The Balaban J connectivity index is 1.00. The summed E-state index contributed by atoms with van der Waals surface area (Å²) < 4.78 is 27.8. The molecule has 2 aromatic heterocycles. The smallest absolute Gasteiger partial charge is 0.414 e. The number of carbonyl (C=O) groups excluding carboxylic acids is 3. The summed E-state index contributed by atoms with van der Waals surface area (Å²) in [6.07, 6.45) is 2.35. The Morgan fingerprint density at radius 2 is 1.94 bits per heavy atom. The first kappa shape index (κ1) is 31.5. The summed E-state index contributed by atoms with van der Waals surface area (Å²) in [6, 6.07) is 9.54. The van der Waals surface area contributed by atoms with Crippen molar-refractivity contribution in [1.82, 2.24) is 29.8 Å². The topological polar surface area (TPSA) is 167 Å². The van der Waals surface area contributed by atoms with Gasteiger partial charge in [0.2, 0.25) is 5.91 Å². The number of hydrogen-bond donors (Lipinski definition) is 1. The van der Waals surface area contributed by atoms with E-state index >= 15 is 4.39 Å². The molecule has 0 spiro atoms. The van der Waals surface area contributed by atoms with Crippen molar-refractivity contribution in [2.24, 2.45) is 11.8 Å². The summed E-state index contributed by atoms with van der Waals surface area (Å²) in [5, 5.41) is 28.2. The number of nitriles is 1. The number of amides is 3. The number of ether oxygens (including phenoxy) is 2. The first-order valence-electron chi connectivity index (χ1n) is 15.8. The quantitative estimate of drug-likeness (QED) is 0.416. The SMILES string of the molecule is CC(C)(C)OC(=O)N1C[C@H](O)C[C@H]1C(=O)N1CC2C(C1)C2(C#N)c1ccc(-c2ccc(N3C[C@H](Cn4ccnn4)OC3=O)cc2F)cn1. The van der Waals surface area contributed by atoms with Crippen LogP contribution in [0.4, 0.5) is 19.7 Å². The number of fused-ring (bicyclic) bond motifs is 1. The van der Waals surface area contributed by atoms with Crippen LogP contribution in [0.25, 0.3) is 11.1 Å². The fourth-order valence-corrected chi connectivity index (χ4v) is 7.26. The number of piperidine rings is 1. The van der Waals surface area contributed by atoms with E-state index in [2.05, 4.69) is 21.4 Å². The predicted molar refractivity (Wildman–Crippen MR) is 165 cm³/mol. The number of rotatable bonds is 6. The molecule has 4 fully saturated rings. The highest BCUT2D eigenvalue weighted by Crippen LogP contribution is 2.63. The van der Waals surface area contributed by atoms with Crippen molar-refractivity contribution in [3.05, 3.63) is 60.4 Å². The van der Waals surface area contributed by atoms with Crippen molar-refractivity contribution in [2.45, 2.75) is 63.0 Å². The third-order valence-electron chi connectivity index (χ3n) is 9.57. The number of nitrogens with zero attached hydrogens (tertiary/aromatic N) is 8. The molecule has 2 unspecified atom stereocenters. The van der Waals surface area contributed by atoms with Crippen molar-refractivity contribution in [2.75, 3.05) is 31.1 Å². The molecule has 5 heterocycles. The van der Waals surface area contributed by atoms with Gasteiger partial charge in [-0.1, -0.05) is 11.3 Å². The molecule has 48 heavy (non-hydrogen) atoms. The highest BCUT2D eigenvalue weighted by Gasteiger charge is 2.71. The monoisotopic (exact) mass is 658 g/mol. The van der Waals surface area contributed by atoms with Gasteiger partial charge in [0.1, 0.15) is 29.0 Å². The zero-order valence-corrected chi connectivity index (χ0v) is 26.7. The lowest BCUT2D eigenvalue weighted by atomic mass is 9.95. The maximum atomic E-state index is 15.4. The second kappa shape index (κ2) is 11.6. The van der Waals surface area contributed by atoms with Gasteiger partial charge in [0.25, 0.3) is 0 Å². The Bertz CT molecular complexity index is 1780. The largest absolute Gasteiger partial charge is 0.444 e. The minimum Gasteiger partial charge on any atom is -0.444 e. The third-order valence-corrected chi connectivity index (χ3v) is 9.57. The zero-order valence-electron chi connectivity index (χ0n) is 26.7. The summed E-state index contributed by atoms with van der Waals surface area (Å²) in [5.41, 5.74) is 0.0893. The van der Waals surface area contributed by atoms with Crippen LogP contribution < -0.4 is 4.90 Å². The molecule has 1 saturated carbocycles. The number of aliphatic hydroxyl groups excluding tert-OH is 1. The van der Waals surface area contributed by atoms with E-state index < -0.39 is 47.3 Å². The van der Waals surface area contributed by atoms with Crippen LogP contribution in [0.3, 0.4) is 0 Å². The van der Waals surface area contributed by atoms with Gasteiger partial charge < -0.3 is 19.5 Å². The molecule has 4 aliphatic rings. The molecule has 14 nitrogen and oxygen atoms in total. The standard InChI is InChI=1S/C33H35FN8O6/c1-32(2,3)48-31(46)42-13-21(43)11-27(42)29(44)39-16-24-25(17-39)33(24,18-35)28-7-4-19(12-36-28)23-6-5-20(10-26(23)34)41-15-22(47-30(41)45)14-40-9-8-37-38-40/h4-10,12,21-22,24-25,27,43H,11,13-17H2,1-3H3/t21-,22+,24?,25?,27+,33?/m1/s1. The first-order chi connectivity index (χ1) is 22.9. The summed E-state index contributed by atoms with van der Waals surface area (Å²) in [6.45, 7) is 6.45. The predicted octanol–water partition coefficient (Wildman–Crippen LogP) is 2.72. The van der Waals surface area contributed by atoms with E-state index in [4.69, 9.17) is 9.47 Å². The van der Waals surface area contributed by atoms with Crippen LogP contribution in [-0.2, 0) is 26.2 Å². The summed E-state index contributed by atoms with van der Waals surface area (Å²) in [5.74, 6) is -1.10. The fourth-order valence-electron chi connectivity index (χ4n) is 7.26. The van der Waals surface area contributed by atoms with Crippen LogP contribution in [0.5, 0.6) is 0 Å². The number of pyridine rings is 1. The molecule has 0 bridgehead atoms. The van der Waals surface area contributed by atoms with E-state index in [0.717, 1.165) is 0 Å². The van der Waals surface area contributed by atoms with Crippen LogP contribution in [0, 0.1) is 29.0 Å². The van der Waals surface area contributed by atoms with Gasteiger partial charge in [-0.25, -0.2) is 18.7 Å². The van der Waals surface area contributed by atoms with Gasteiger partial charge in [-0.15, -0.1) is 5.10 Å². The number of carbonyl (C=O) groups is 3. The number of hydrogen-bond acceptors (Lipinski definition) is 10. The Morgan fingerprint density at radius 3 is 2.56 bits per heavy atom. The van der Waals surface area contributed by atoms with E-state index in [0.29, 0.717) is 36.6 Å².